The molecule has 0 spiro atoms. The van der Waals surface area contributed by atoms with Crippen molar-refractivity contribution < 1.29 is 28.7 Å². The molecule has 10 heteroatoms. The normalized spacial score (nSPS) is 21.1. The molecule has 146 valence electrons. The smallest absolute Gasteiger partial charge is 0.344 e. The van der Waals surface area contributed by atoms with Crippen LogP contribution in [-0.4, -0.2) is 52.9 Å². The van der Waals surface area contributed by atoms with Crippen LogP contribution in [0.3, 0.4) is 0 Å². The van der Waals surface area contributed by atoms with Gasteiger partial charge in [-0.25, -0.2) is 9.59 Å². The summed E-state index contributed by atoms with van der Waals surface area (Å²) in [5.74, 6) is -2.61. The second-order valence-electron chi connectivity index (χ2n) is 7.34. The zero-order chi connectivity index (χ0) is 20.3. The zero-order valence-electron chi connectivity index (χ0n) is 15.9. The van der Waals surface area contributed by atoms with Gasteiger partial charge in [-0.2, -0.15) is 5.01 Å². The molecule has 0 radical (unpaired) electrons. The largest absolute Gasteiger partial charge is 0.454 e. The van der Waals surface area contributed by atoms with Crippen molar-refractivity contribution in [2.24, 2.45) is 5.41 Å². The van der Waals surface area contributed by atoms with Crippen molar-refractivity contribution in [3.63, 3.8) is 0 Å². The predicted octanol–water partition coefficient (Wildman–Crippen LogP) is -0.168. The number of urea groups is 1. The van der Waals surface area contributed by atoms with Crippen LogP contribution in [0.15, 0.2) is 0 Å². The van der Waals surface area contributed by atoms with E-state index in [1.54, 1.807) is 34.6 Å². The van der Waals surface area contributed by atoms with Crippen molar-refractivity contribution in [1.82, 2.24) is 21.1 Å². The standard InChI is InChI=1S/C16H26N4O6/c1-7-16(6)13(24)20(14(25)18-16)19-10(21)8-26-11(22)9(2)17-12(23)15(3,4)5/h9H,7-8H2,1-6H3,(H,17,23)(H,18,25)(H,19,21)/t9-,16-/m1/s1. The molecule has 3 N–H and O–H groups in total. The Labute approximate surface area is 152 Å². The molecule has 1 aliphatic rings. The van der Waals surface area contributed by atoms with Crippen molar-refractivity contribution in [3.8, 4) is 0 Å². The van der Waals surface area contributed by atoms with Crippen LogP contribution < -0.4 is 16.1 Å². The van der Waals surface area contributed by atoms with Crippen LogP contribution in [-0.2, 0) is 23.9 Å². The summed E-state index contributed by atoms with van der Waals surface area (Å²) in [5.41, 5.74) is 0.326. The van der Waals surface area contributed by atoms with E-state index in [2.05, 4.69) is 16.1 Å². The van der Waals surface area contributed by atoms with Gasteiger partial charge in [0, 0.05) is 5.41 Å². The van der Waals surface area contributed by atoms with Crippen molar-refractivity contribution in [2.45, 2.75) is 59.5 Å². The molecule has 1 saturated heterocycles. The average molecular weight is 370 g/mol. The van der Waals surface area contributed by atoms with E-state index in [9.17, 15) is 24.0 Å². The van der Waals surface area contributed by atoms with E-state index >= 15 is 0 Å². The summed E-state index contributed by atoms with van der Waals surface area (Å²) in [6.45, 7) is 9.06. The highest BCUT2D eigenvalue weighted by molar-refractivity contribution is 6.07. The number of amides is 5. The predicted molar refractivity (Wildman–Crippen MR) is 90.2 cm³/mol. The van der Waals surface area contributed by atoms with Gasteiger partial charge in [-0.15, -0.1) is 0 Å². The number of carbonyl (C=O) groups is 5. The van der Waals surface area contributed by atoms with Crippen LogP contribution in [0.25, 0.3) is 0 Å². The Morgan fingerprint density at radius 2 is 1.85 bits per heavy atom. The molecule has 0 aromatic heterocycles. The highest BCUT2D eigenvalue weighted by atomic mass is 16.5. The number of hydrazine groups is 1. The molecule has 0 bridgehead atoms. The third kappa shape index (κ3) is 4.93. The molecular formula is C16H26N4O6. The number of nitrogens with zero attached hydrogens (tertiary/aromatic N) is 1. The van der Waals surface area contributed by atoms with Gasteiger partial charge >= 0.3 is 12.0 Å². The lowest BCUT2D eigenvalue weighted by atomic mass is 9.95. The fourth-order valence-electron chi connectivity index (χ4n) is 1.92. The Kier molecular flexibility index (Phi) is 6.34. The molecule has 26 heavy (non-hydrogen) atoms. The maximum atomic E-state index is 12.1. The summed E-state index contributed by atoms with van der Waals surface area (Å²) < 4.78 is 4.80. The maximum absolute atomic E-state index is 12.1. The van der Waals surface area contributed by atoms with E-state index in [-0.39, 0.29) is 5.91 Å². The number of rotatable bonds is 6. The molecule has 0 aromatic rings. The Hall–Kier alpha value is -2.65. The molecule has 1 rings (SSSR count). The zero-order valence-corrected chi connectivity index (χ0v) is 15.9. The van der Waals surface area contributed by atoms with Gasteiger partial charge in [-0.3, -0.25) is 19.8 Å². The second-order valence-corrected chi connectivity index (χ2v) is 7.34. The first-order chi connectivity index (χ1) is 11.8. The first-order valence-corrected chi connectivity index (χ1v) is 8.25. The lowest BCUT2D eigenvalue weighted by Crippen LogP contribution is -2.50. The minimum atomic E-state index is -1.09. The second kappa shape index (κ2) is 7.71. The lowest BCUT2D eigenvalue weighted by molar-refractivity contribution is -0.153. The van der Waals surface area contributed by atoms with Crippen molar-refractivity contribution in [2.75, 3.05) is 6.61 Å². The molecule has 0 saturated carbocycles. The van der Waals surface area contributed by atoms with Crippen LogP contribution in [0.4, 0.5) is 4.79 Å². The first kappa shape index (κ1) is 21.4. The van der Waals surface area contributed by atoms with Crippen molar-refractivity contribution in [3.05, 3.63) is 0 Å². The number of esters is 1. The van der Waals surface area contributed by atoms with Crippen LogP contribution in [0, 0.1) is 5.41 Å². The van der Waals surface area contributed by atoms with E-state index in [1.807, 2.05) is 0 Å². The molecule has 1 aliphatic heterocycles. The number of ether oxygens (including phenoxy) is 1. The van der Waals surface area contributed by atoms with Gasteiger partial charge < -0.3 is 15.4 Å². The number of nitrogens with one attached hydrogen (secondary N) is 3. The molecule has 1 heterocycles. The summed E-state index contributed by atoms with van der Waals surface area (Å²) in [6, 6.07) is -1.71. The van der Waals surface area contributed by atoms with E-state index in [4.69, 9.17) is 4.74 Å². The van der Waals surface area contributed by atoms with Crippen LogP contribution >= 0.6 is 0 Å². The van der Waals surface area contributed by atoms with Gasteiger partial charge in [0.25, 0.3) is 11.8 Å². The van der Waals surface area contributed by atoms with Gasteiger partial charge in [-0.1, -0.05) is 27.7 Å². The molecule has 1 fully saturated rings. The molecule has 2 atom stereocenters. The first-order valence-electron chi connectivity index (χ1n) is 8.25. The molecule has 0 aliphatic carbocycles. The molecule has 5 amide bonds. The Bertz CT molecular complexity index is 627. The van der Waals surface area contributed by atoms with Crippen LogP contribution in [0.2, 0.25) is 0 Å². The summed E-state index contributed by atoms with van der Waals surface area (Å²) in [6.07, 6.45) is 0.351. The molecule has 0 unspecified atom stereocenters. The van der Waals surface area contributed by atoms with Crippen LogP contribution in [0.1, 0.15) is 48.0 Å². The van der Waals surface area contributed by atoms with E-state index in [0.717, 1.165) is 0 Å². The van der Waals surface area contributed by atoms with Gasteiger partial charge in [-0.05, 0) is 20.3 Å². The molecule has 10 nitrogen and oxygen atoms in total. The lowest BCUT2D eigenvalue weighted by Gasteiger charge is -2.21. The van der Waals surface area contributed by atoms with Crippen LogP contribution in [0.5, 0.6) is 0 Å². The van der Waals surface area contributed by atoms with E-state index in [1.165, 1.54) is 6.92 Å². The highest BCUT2D eigenvalue weighted by Gasteiger charge is 2.47. The van der Waals surface area contributed by atoms with Crippen molar-refractivity contribution >= 4 is 29.7 Å². The van der Waals surface area contributed by atoms with E-state index < -0.39 is 47.4 Å². The Morgan fingerprint density at radius 1 is 1.27 bits per heavy atom. The Balaban J connectivity index is 2.52. The molecule has 0 aromatic carbocycles. The maximum Gasteiger partial charge on any atom is 0.344 e. The van der Waals surface area contributed by atoms with Gasteiger partial charge in [0.1, 0.15) is 11.6 Å². The third-order valence-corrected chi connectivity index (χ3v) is 3.93. The average Bonchev–Trinajstić information content (AvgIpc) is 2.75. The van der Waals surface area contributed by atoms with Gasteiger partial charge in [0.15, 0.2) is 6.61 Å². The van der Waals surface area contributed by atoms with Crippen molar-refractivity contribution in [1.29, 1.82) is 0 Å². The number of hydrogen-bond acceptors (Lipinski definition) is 6. The summed E-state index contributed by atoms with van der Waals surface area (Å²) >= 11 is 0. The summed E-state index contributed by atoms with van der Waals surface area (Å²) in [4.78, 5) is 59.4. The fourth-order valence-corrected chi connectivity index (χ4v) is 1.92. The number of hydrogen-bond donors (Lipinski definition) is 3. The summed E-state index contributed by atoms with van der Waals surface area (Å²) in [5, 5.41) is 5.51. The summed E-state index contributed by atoms with van der Waals surface area (Å²) in [7, 11) is 0. The monoisotopic (exact) mass is 370 g/mol. The minimum absolute atomic E-state index is 0.343. The quantitative estimate of drug-likeness (QED) is 0.439. The Morgan fingerprint density at radius 3 is 2.31 bits per heavy atom. The highest BCUT2D eigenvalue weighted by Crippen LogP contribution is 2.19. The van der Waals surface area contributed by atoms with Gasteiger partial charge in [0.2, 0.25) is 5.91 Å². The number of imide groups is 1. The topological polar surface area (TPSA) is 134 Å². The third-order valence-electron chi connectivity index (χ3n) is 3.93. The number of carbonyl (C=O) groups excluding carboxylic acids is 5. The fraction of sp³-hybridized carbons (Fsp3) is 0.688. The van der Waals surface area contributed by atoms with Gasteiger partial charge in [0.05, 0.1) is 0 Å². The molecular weight excluding hydrogens is 344 g/mol. The van der Waals surface area contributed by atoms with E-state index in [0.29, 0.717) is 11.4 Å². The minimum Gasteiger partial charge on any atom is -0.454 e. The SMILES string of the molecule is CC[C@@]1(C)NC(=O)N(NC(=O)COC(=O)[C@@H](C)NC(=O)C(C)(C)C)C1=O.